The first kappa shape index (κ1) is 14.5. The van der Waals surface area contributed by atoms with Crippen LogP contribution < -0.4 is 5.32 Å². The molecule has 2 N–H and O–H groups in total. The number of piperidine rings is 1. The zero-order valence-corrected chi connectivity index (χ0v) is 12.2. The Kier molecular flexibility index (Phi) is 5.82. The largest absolute Gasteiger partial charge is 0.348 e. The van der Waals surface area contributed by atoms with E-state index in [4.69, 9.17) is 0 Å². The highest BCUT2D eigenvalue weighted by Crippen LogP contribution is 2.16. The zero-order valence-electron chi connectivity index (χ0n) is 12.2. The Bertz CT molecular complexity index is 328. The third-order valence-corrected chi connectivity index (χ3v) is 3.85. The molecule has 19 heavy (non-hydrogen) atoms. The summed E-state index contributed by atoms with van der Waals surface area (Å²) >= 11 is 0. The van der Waals surface area contributed by atoms with Gasteiger partial charge in [0.15, 0.2) is 0 Å². The van der Waals surface area contributed by atoms with Crippen molar-refractivity contribution in [1.82, 2.24) is 25.1 Å². The van der Waals surface area contributed by atoms with E-state index in [1.165, 1.54) is 39.0 Å². The molecule has 1 aliphatic heterocycles. The third-order valence-electron chi connectivity index (χ3n) is 3.85. The minimum Gasteiger partial charge on any atom is -0.348 e. The fourth-order valence-corrected chi connectivity index (χ4v) is 2.54. The smallest absolute Gasteiger partial charge is 0.120 e. The number of aromatic amines is 1. The van der Waals surface area contributed by atoms with E-state index in [-0.39, 0.29) is 0 Å². The maximum Gasteiger partial charge on any atom is 0.120 e. The van der Waals surface area contributed by atoms with Gasteiger partial charge in [-0.05, 0) is 52.5 Å². The normalized spacial score (nSPS) is 18.3. The van der Waals surface area contributed by atoms with Crippen molar-refractivity contribution in [3.63, 3.8) is 0 Å². The van der Waals surface area contributed by atoms with Crippen molar-refractivity contribution in [3.8, 4) is 0 Å². The van der Waals surface area contributed by atoms with Crippen LogP contribution in [0.1, 0.15) is 18.7 Å². The van der Waals surface area contributed by atoms with Crippen molar-refractivity contribution in [2.75, 3.05) is 46.8 Å². The van der Waals surface area contributed by atoms with Gasteiger partial charge in [0.2, 0.25) is 0 Å². The Balaban J connectivity index is 1.56. The van der Waals surface area contributed by atoms with Crippen LogP contribution in [-0.2, 0) is 6.54 Å². The molecule has 0 atom stereocenters. The maximum atomic E-state index is 4.22. The van der Waals surface area contributed by atoms with Crippen molar-refractivity contribution in [3.05, 3.63) is 18.2 Å². The topological polar surface area (TPSA) is 47.2 Å². The summed E-state index contributed by atoms with van der Waals surface area (Å²) in [5.41, 5.74) is 0. The van der Waals surface area contributed by atoms with Crippen LogP contribution in [0.25, 0.3) is 0 Å². The molecular weight excluding hydrogens is 238 g/mol. The molecule has 0 aromatic carbocycles. The lowest BCUT2D eigenvalue weighted by molar-refractivity contribution is 0.169. The molecule has 0 spiro atoms. The first-order valence-electron chi connectivity index (χ1n) is 7.30. The molecule has 2 rings (SSSR count). The summed E-state index contributed by atoms with van der Waals surface area (Å²) in [6.07, 6.45) is 6.32. The minimum absolute atomic E-state index is 0.825. The molecule has 0 aliphatic carbocycles. The van der Waals surface area contributed by atoms with E-state index in [0.717, 1.165) is 24.8 Å². The predicted octanol–water partition coefficient (Wildman–Crippen LogP) is 0.773. The van der Waals surface area contributed by atoms with Crippen LogP contribution in [0, 0.1) is 5.92 Å². The SMILES string of the molecule is CN(C)CCN1CCC(CNCc2ncc[nH]2)CC1. The average Bonchev–Trinajstić information content (AvgIpc) is 2.91. The van der Waals surface area contributed by atoms with Crippen LogP contribution in [0.3, 0.4) is 0 Å². The highest BCUT2D eigenvalue weighted by Gasteiger charge is 2.18. The van der Waals surface area contributed by atoms with Crippen molar-refractivity contribution < 1.29 is 0 Å². The molecule has 1 aliphatic rings. The van der Waals surface area contributed by atoms with Crippen molar-refractivity contribution in [1.29, 1.82) is 0 Å². The van der Waals surface area contributed by atoms with Gasteiger partial charge in [-0.2, -0.15) is 0 Å². The lowest BCUT2D eigenvalue weighted by atomic mass is 9.97. The number of nitrogens with one attached hydrogen (secondary N) is 2. The van der Waals surface area contributed by atoms with Gasteiger partial charge in [-0.1, -0.05) is 0 Å². The minimum atomic E-state index is 0.825. The molecule has 0 amide bonds. The van der Waals surface area contributed by atoms with Gasteiger partial charge in [-0.25, -0.2) is 4.98 Å². The van der Waals surface area contributed by atoms with Crippen LogP contribution in [-0.4, -0.2) is 66.6 Å². The van der Waals surface area contributed by atoms with E-state index < -0.39 is 0 Å². The molecule has 5 nitrogen and oxygen atoms in total. The maximum absolute atomic E-state index is 4.22. The van der Waals surface area contributed by atoms with Crippen molar-refractivity contribution >= 4 is 0 Å². The summed E-state index contributed by atoms with van der Waals surface area (Å²) in [5.74, 6) is 1.86. The summed E-state index contributed by atoms with van der Waals surface area (Å²) < 4.78 is 0. The van der Waals surface area contributed by atoms with E-state index in [9.17, 15) is 0 Å². The van der Waals surface area contributed by atoms with Crippen molar-refractivity contribution in [2.45, 2.75) is 19.4 Å². The monoisotopic (exact) mass is 265 g/mol. The third kappa shape index (κ3) is 5.30. The standard InChI is InChI=1S/C14H27N5/c1-18(2)9-10-19-7-3-13(4-8-19)11-15-12-14-16-5-6-17-14/h5-6,13,15H,3-4,7-12H2,1-2H3,(H,16,17). The molecule has 1 aromatic rings. The van der Waals surface area contributed by atoms with E-state index in [0.29, 0.717) is 0 Å². The Morgan fingerprint density at radius 2 is 2.21 bits per heavy atom. The summed E-state index contributed by atoms with van der Waals surface area (Å²) in [5, 5.41) is 3.50. The second-order valence-electron chi connectivity index (χ2n) is 5.76. The Morgan fingerprint density at radius 1 is 1.42 bits per heavy atom. The molecule has 0 unspecified atom stereocenters. The quantitative estimate of drug-likeness (QED) is 0.764. The van der Waals surface area contributed by atoms with E-state index in [1.807, 2.05) is 6.20 Å². The Hall–Kier alpha value is -0.910. The van der Waals surface area contributed by atoms with Crippen LogP contribution in [0.5, 0.6) is 0 Å². The number of H-pyrrole nitrogens is 1. The molecule has 0 bridgehead atoms. The summed E-state index contributed by atoms with van der Waals surface area (Å²) in [6.45, 7) is 6.85. The van der Waals surface area contributed by atoms with Crippen molar-refractivity contribution in [2.24, 2.45) is 5.92 Å². The molecule has 5 heteroatoms. The first-order chi connectivity index (χ1) is 9.24. The number of aromatic nitrogens is 2. The number of likely N-dealkylation sites (N-methyl/N-ethyl adjacent to an activating group) is 1. The summed E-state index contributed by atoms with van der Waals surface area (Å²) in [4.78, 5) is 12.2. The predicted molar refractivity (Wildman–Crippen MR) is 78.0 cm³/mol. The van der Waals surface area contributed by atoms with E-state index >= 15 is 0 Å². The molecule has 1 saturated heterocycles. The van der Waals surface area contributed by atoms with E-state index in [2.05, 4.69) is 39.2 Å². The lowest BCUT2D eigenvalue weighted by Crippen LogP contribution is -2.40. The molecule has 2 heterocycles. The first-order valence-corrected chi connectivity index (χ1v) is 7.30. The summed E-state index contributed by atoms with van der Waals surface area (Å²) in [6, 6.07) is 0. The Labute approximate surface area is 116 Å². The van der Waals surface area contributed by atoms with Gasteiger partial charge in [0.25, 0.3) is 0 Å². The second kappa shape index (κ2) is 7.62. The van der Waals surface area contributed by atoms with Crippen LogP contribution in [0.4, 0.5) is 0 Å². The molecule has 1 aromatic heterocycles. The average molecular weight is 265 g/mol. The van der Waals surface area contributed by atoms with Gasteiger partial charge in [0.05, 0.1) is 6.54 Å². The van der Waals surface area contributed by atoms with Gasteiger partial charge in [0, 0.05) is 25.5 Å². The molecule has 0 radical (unpaired) electrons. The molecular formula is C14H27N5. The lowest BCUT2D eigenvalue weighted by Gasteiger charge is -2.32. The van der Waals surface area contributed by atoms with Crippen LogP contribution in [0.2, 0.25) is 0 Å². The number of nitrogens with zero attached hydrogens (tertiary/aromatic N) is 3. The second-order valence-corrected chi connectivity index (χ2v) is 5.76. The Morgan fingerprint density at radius 3 is 2.84 bits per heavy atom. The highest BCUT2D eigenvalue weighted by atomic mass is 15.2. The number of imidazole rings is 1. The van der Waals surface area contributed by atoms with Gasteiger partial charge in [-0.15, -0.1) is 0 Å². The number of likely N-dealkylation sites (tertiary alicyclic amines) is 1. The van der Waals surface area contributed by atoms with Crippen LogP contribution in [0.15, 0.2) is 12.4 Å². The molecule has 0 saturated carbocycles. The fourth-order valence-electron chi connectivity index (χ4n) is 2.54. The molecule has 108 valence electrons. The van der Waals surface area contributed by atoms with Gasteiger partial charge in [-0.3, -0.25) is 0 Å². The highest BCUT2D eigenvalue weighted by molar-refractivity contribution is 4.86. The zero-order chi connectivity index (χ0) is 13.5. The fraction of sp³-hybridized carbons (Fsp3) is 0.786. The van der Waals surface area contributed by atoms with Gasteiger partial charge >= 0.3 is 0 Å². The van der Waals surface area contributed by atoms with Gasteiger partial charge < -0.3 is 20.1 Å². The summed E-state index contributed by atoms with van der Waals surface area (Å²) in [7, 11) is 4.29. The molecule has 1 fully saturated rings. The van der Waals surface area contributed by atoms with E-state index in [1.54, 1.807) is 6.20 Å². The van der Waals surface area contributed by atoms with Gasteiger partial charge in [0.1, 0.15) is 5.82 Å². The van der Waals surface area contributed by atoms with Crippen LogP contribution >= 0.6 is 0 Å². The number of hydrogen-bond acceptors (Lipinski definition) is 4. The number of rotatable bonds is 7. The number of hydrogen-bond donors (Lipinski definition) is 2.